The first-order chi connectivity index (χ1) is 6.77. The van der Waals surface area contributed by atoms with Gasteiger partial charge in [-0.2, -0.15) is 5.10 Å². The van der Waals surface area contributed by atoms with Crippen molar-refractivity contribution in [2.75, 3.05) is 25.5 Å². The van der Waals surface area contributed by atoms with Crippen LogP contribution in [0.25, 0.3) is 0 Å². The van der Waals surface area contributed by atoms with Crippen molar-refractivity contribution >= 4 is 5.69 Å². The summed E-state index contributed by atoms with van der Waals surface area (Å²) in [5, 5.41) is 10.1. The number of nitrogens with zero attached hydrogens (tertiary/aromatic N) is 2. The van der Waals surface area contributed by atoms with Gasteiger partial charge in [0.05, 0.1) is 11.9 Å². The second kappa shape index (κ2) is 5.39. The molecule has 0 aliphatic heterocycles. The van der Waals surface area contributed by atoms with Crippen molar-refractivity contribution in [3.05, 3.63) is 22.6 Å². The van der Waals surface area contributed by atoms with Gasteiger partial charge in [-0.25, -0.2) is 4.68 Å². The normalized spacial score (nSPS) is 10.1. The van der Waals surface area contributed by atoms with Crippen LogP contribution in [-0.4, -0.2) is 29.9 Å². The molecule has 0 spiro atoms. The average molecular weight is 196 g/mol. The lowest BCUT2D eigenvalue weighted by molar-refractivity contribution is 0.616. The van der Waals surface area contributed by atoms with E-state index in [2.05, 4.69) is 15.7 Å². The van der Waals surface area contributed by atoms with Crippen LogP contribution in [0, 0.1) is 0 Å². The summed E-state index contributed by atoms with van der Waals surface area (Å²) in [5.74, 6) is 0. The van der Waals surface area contributed by atoms with Crippen molar-refractivity contribution in [3.8, 4) is 0 Å². The number of hydrogen-bond acceptors (Lipinski definition) is 4. The summed E-state index contributed by atoms with van der Waals surface area (Å²) in [4.78, 5) is 11.3. The molecule has 1 rings (SSSR count). The molecule has 2 N–H and O–H groups in total. The van der Waals surface area contributed by atoms with Crippen LogP contribution >= 0.6 is 0 Å². The number of hydrogen-bond donors (Lipinski definition) is 2. The summed E-state index contributed by atoms with van der Waals surface area (Å²) in [5.41, 5.74) is 0.705. The van der Waals surface area contributed by atoms with E-state index in [1.54, 1.807) is 12.3 Å². The lowest BCUT2D eigenvalue weighted by Crippen LogP contribution is -2.23. The Kier molecular flexibility index (Phi) is 4.12. The zero-order chi connectivity index (χ0) is 10.4. The van der Waals surface area contributed by atoms with Crippen molar-refractivity contribution in [1.29, 1.82) is 0 Å². The molecule has 0 fully saturated rings. The van der Waals surface area contributed by atoms with Gasteiger partial charge >= 0.3 is 0 Å². The predicted molar refractivity (Wildman–Crippen MR) is 56.6 cm³/mol. The van der Waals surface area contributed by atoms with E-state index >= 15 is 0 Å². The molecule has 1 aromatic heterocycles. The molecule has 0 bridgehead atoms. The average Bonchev–Trinajstić information content (AvgIpc) is 2.18. The molecule has 78 valence electrons. The van der Waals surface area contributed by atoms with Crippen molar-refractivity contribution in [3.63, 3.8) is 0 Å². The standard InChI is InChI=1S/C9H16N4O/c1-3-13-9(14)6-8(7-12-13)11-5-4-10-2/h6-7,10-11H,3-5H2,1-2H3. The molecule has 5 heteroatoms. The first-order valence-electron chi connectivity index (χ1n) is 4.73. The Balaban J connectivity index is 2.62. The molecular weight excluding hydrogens is 180 g/mol. The Bertz CT molecular complexity index is 334. The lowest BCUT2D eigenvalue weighted by Gasteiger charge is -2.06. The van der Waals surface area contributed by atoms with E-state index in [0.29, 0.717) is 6.54 Å². The smallest absolute Gasteiger partial charge is 0.268 e. The van der Waals surface area contributed by atoms with Crippen LogP contribution < -0.4 is 16.2 Å². The van der Waals surface area contributed by atoms with Crippen LogP contribution in [0.15, 0.2) is 17.1 Å². The summed E-state index contributed by atoms with van der Waals surface area (Å²) < 4.78 is 1.42. The highest BCUT2D eigenvalue weighted by Crippen LogP contribution is 1.97. The highest BCUT2D eigenvalue weighted by atomic mass is 16.1. The van der Waals surface area contributed by atoms with Gasteiger partial charge in [-0.15, -0.1) is 0 Å². The van der Waals surface area contributed by atoms with E-state index in [0.717, 1.165) is 18.8 Å². The van der Waals surface area contributed by atoms with Gasteiger partial charge in [-0.05, 0) is 14.0 Å². The van der Waals surface area contributed by atoms with Crippen molar-refractivity contribution in [2.24, 2.45) is 0 Å². The molecule has 0 atom stereocenters. The highest BCUT2D eigenvalue weighted by molar-refractivity contribution is 5.38. The van der Waals surface area contributed by atoms with Crippen LogP contribution in [0.5, 0.6) is 0 Å². The fourth-order valence-corrected chi connectivity index (χ4v) is 1.10. The van der Waals surface area contributed by atoms with E-state index in [1.807, 2.05) is 14.0 Å². The Hall–Kier alpha value is -1.36. The predicted octanol–water partition coefficient (Wildman–Crippen LogP) is -0.106. The second-order valence-corrected chi connectivity index (χ2v) is 2.93. The fraction of sp³-hybridized carbons (Fsp3) is 0.556. The minimum atomic E-state index is -0.0676. The van der Waals surface area contributed by atoms with Crippen molar-refractivity contribution in [2.45, 2.75) is 13.5 Å². The number of aryl methyl sites for hydroxylation is 1. The van der Waals surface area contributed by atoms with E-state index in [4.69, 9.17) is 0 Å². The molecule has 1 heterocycles. The van der Waals surface area contributed by atoms with Crippen LogP contribution in [-0.2, 0) is 6.54 Å². The summed E-state index contributed by atoms with van der Waals surface area (Å²) in [6, 6.07) is 1.56. The van der Waals surface area contributed by atoms with Gasteiger partial charge < -0.3 is 10.6 Å². The Labute approximate surface area is 83.1 Å². The molecule has 0 aliphatic carbocycles. The van der Waals surface area contributed by atoms with Crippen LogP contribution in [0.4, 0.5) is 5.69 Å². The van der Waals surface area contributed by atoms with Crippen LogP contribution in [0.2, 0.25) is 0 Å². The number of aromatic nitrogens is 2. The number of likely N-dealkylation sites (N-methyl/N-ethyl adjacent to an activating group) is 1. The largest absolute Gasteiger partial charge is 0.382 e. The van der Waals surface area contributed by atoms with E-state index in [1.165, 1.54) is 4.68 Å². The van der Waals surface area contributed by atoms with Crippen LogP contribution in [0.1, 0.15) is 6.92 Å². The molecule has 0 amide bonds. The van der Waals surface area contributed by atoms with Crippen molar-refractivity contribution < 1.29 is 0 Å². The summed E-state index contributed by atoms with van der Waals surface area (Å²) >= 11 is 0. The fourth-order valence-electron chi connectivity index (χ4n) is 1.10. The van der Waals surface area contributed by atoms with E-state index in [9.17, 15) is 4.79 Å². The van der Waals surface area contributed by atoms with Gasteiger partial charge in [0, 0.05) is 25.7 Å². The molecule has 0 aliphatic rings. The third kappa shape index (κ3) is 2.85. The maximum Gasteiger partial charge on any atom is 0.268 e. The molecular formula is C9H16N4O. The van der Waals surface area contributed by atoms with Gasteiger partial charge in [0.1, 0.15) is 0 Å². The zero-order valence-corrected chi connectivity index (χ0v) is 8.58. The molecule has 5 nitrogen and oxygen atoms in total. The van der Waals surface area contributed by atoms with Gasteiger partial charge in [0.25, 0.3) is 5.56 Å². The zero-order valence-electron chi connectivity index (χ0n) is 8.58. The molecule has 0 saturated carbocycles. The Morgan fingerprint density at radius 1 is 1.50 bits per heavy atom. The van der Waals surface area contributed by atoms with Gasteiger partial charge in [-0.3, -0.25) is 4.79 Å². The minimum Gasteiger partial charge on any atom is -0.382 e. The first-order valence-corrected chi connectivity index (χ1v) is 4.73. The SMILES string of the molecule is CCn1ncc(NCCNC)cc1=O. The van der Waals surface area contributed by atoms with Gasteiger partial charge in [-0.1, -0.05) is 0 Å². The van der Waals surface area contributed by atoms with Crippen LogP contribution in [0.3, 0.4) is 0 Å². The summed E-state index contributed by atoms with van der Waals surface area (Å²) in [7, 11) is 1.88. The second-order valence-electron chi connectivity index (χ2n) is 2.93. The molecule has 0 radical (unpaired) electrons. The first kappa shape index (κ1) is 10.7. The minimum absolute atomic E-state index is 0.0676. The number of nitrogens with one attached hydrogen (secondary N) is 2. The summed E-state index contributed by atoms with van der Waals surface area (Å²) in [6.45, 7) is 4.14. The van der Waals surface area contributed by atoms with Crippen molar-refractivity contribution in [1.82, 2.24) is 15.1 Å². The quantitative estimate of drug-likeness (QED) is 0.645. The topological polar surface area (TPSA) is 59.0 Å². The maximum absolute atomic E-state index is 11.3. The van der Waals surface area contributed by atoms with E-state index in [-0.39, 0.29) is 5.56 Å². The third-order valence-electron chi connectivity index (χ3n) is 1.87. The number of anilines is 1. The highest BCUT2D eigenvalue weighted by Gasteiger charge is 1.96. The molecule has 0 unspecified atom stereocenters. The van der Waals surface area contributed by atoms with E-state index < -0.39 is 0 Å². The molecule has 1 aromatic rings. The monoisotopic (exact) mass is 196 g/mol. The number of rotatable bonds is 5. The Morgan fingerprint density at radius 2 is 2.29 bits per heavy atom. The summed E-state index contributed by atoms with van der Waals surface area (Å²) in [6.07, 6.45) is 1.67. The van der Waals surface area contributed by atoms with Gasteiger partial charge in [0.15, 0.2) is 0 Å². The Morgan fingerprint density at radius 3 is 2.86 bits per heavy atom. The molecule has 0 saturated heterocycles. The third-order valence-corrected chi connectivity index (χ3v) is 1.87. The maximum atomic E-state index is 11.3. The molecule has 0 aromatic carbocycles. The lowest BCUT2D eigenvalue weighted by atomic mass is 10.4. The molecule has 14 heavy (non-hydrogen) atoms. The van der Waals surface area contributed by atoms with Gasteiger partial charge in [0.2, 0.25) is 0 Å².